The second-order valence-electron chi connectivity index (χ2n) is 3.94. The summed E-state index contributed by atoms with van der Waals surface area (Å²) in [5.74, 6) is 0. The van der Waals surface area contributed by atoms with Crippen LogP contribution < -0.4 is 5.73 Å². The van der Waals surface area contributed by atoms with Crippen molar-refractivity contribution in [3.05, 3.63) is 36.1 Å². The van der Waals surface area contributed by atoms with Gasteiger partial charge in [-0.3, -0.25) is 0 Å². The van der Waals surface area contributed by atoms with E-state index in [4.69, 9.17) is 10.2 Å². The number of para-hydroxylation sites is 1. The molecule has 2 N–H and O–H groups in total. The molecule has 0 aliphatic carbocycles. The number of benzene rings is 1. The normalized spacial score (nSPS) is 13.2. The van der Waals surface area contributed by atoms with E-state index in [0.717, 1.165) is 23.0 Å². The van der Waals surface area contributed by atoms with E-state index in [0.29, 0.717) is 0 Å². The molecule has 1 aromatic carbocycles. The molecule has 0 saturated heterocycles. The Morgan fingerprint density at radius 2 is 2.13 bits per heavy atom. The molecule has 1 atom stereocenters. The Kier molecular flexibility index (Phi) is 3.07. The van der Waals surface area contributed by atoms with Crippen molar-refractivity contribution in [2.45, 2.75) is 32.2 Å². The predicted octanol–water partition coefficient (Wildman–Crippen LogP) is 3.62. The Labute approximate surface area is 90.1 Å². The quantitative estimate of drug-likeness (QED) is 0.824. The summed E-state index contributed by atoms with van der Waals surface area (Å²) in [6.07, 6.45) is 5.18. The Bertz CT molecular complexity index is 433. The van der Waals surface area contributed by atoms with Crippen LogP contribution in [-0.4, -0.2) is 0 Å². The minimum absolute atomic E-state index is 0.105. The van der Waals surface area contributed by atoms with Gasteiger partial charge >= 0.3 is 0 Å². The number of hydrogen-bond donors (Lipinski definition) is 1. The largest absolute Gasteiger partial charge is 0.464 e. The van der Waals surface area contributed by atoms with Crippen LogP contribution in [0.15, 0.2) is 34.9 Å². The van der Waals surface area contributed by atoms with E-state index in [2.05, 4.69) is 13.0 Å². The molecule has 0 aliphatic rings. The SMILES string of the molecule is CCCCC(N)c1coc2ccccc12. The summed E-state index contributed by atoms with van der Waals surface area (Å²) in [5.41, 5.74) is 8.20. The molecule has 80 valence electrons. The first-order valence-electron chi connectivity index (χ1n) is 5.54. The fraction of sp³-hybridized carbons (Fsp3) is 0.385. The summed E-state index contributed by atoms with van der Waals surface area (Å²) in [5, 5.41) is 1.15. The van der Waals surface area contributed by atoms with Gasteiger partial charge in [0.15, 0.2) is 0 Å². The molecule has 2 heteroatoms. The van der Waals surface area contributed by atoms with Gasteiger partial charge in [-0.05, 0) is 12.5 Å². The van der Waals surface area contributed by atoms with E-state index in [9.17, 15) is 0 Å². The number of rotatable bonds is 4. The Balaban J connectivity index is 2.27. The van der Waals surface area contributed by atoms with Crippen LogP contribution in [-0.2, 0) is 0 Å². The van der Waals surface area contributed by atoms with Gasteiger partial charge in [-0.2, -0.15) is 0 Å². The summed E-state index contributed by atoms with van der Waals surface area (Å²) in [7, 11) is 0. The van der Waals surface area contributed by atoms with Crippen LogP contribution in [0, 0.1) is 0 Å². The number of hydrogen-bond acceptors (Lipinski definition) is 2. The molecule has 0 aliphatic heterocycles. The summed E-state index contributed by atoms with van der Waals surface area (Å²) in [6.45, 7) is 2.18. The molecule has 1 unspecified atom stereocenters. The third-order valence-electron chi connectivity index (χ3n) is 2.78. The summed E-state index contributed by atoms with van der Waals surface area (Å²) in [6, 6.07) is 8.15. The number of furan rings is 1. The predicted molar refractivity (Wildman–Crippen MR) is 62.7 cm³/mol. The fourth-order valence-electron chi connectivity index (χ4n) is 1.87. The zero-order valence-corrected chi connectivity index (χ0v) is 9.07. The van der Waals surface area contributed by atoms with E-state index in [1.165, 1.54) is 12.8 Å². The monoisotopic (exact) mass is 203 g/mol. The molecule has 15 heavy (non-hydrogen) atoms. The highest BCUT2D eigenvalue weighted by Crippen LogP contribution is 2.27. The first kappa shape index (κ1) is 10.2. The topological polar surface area (TPSA) is 39.2 Å². The lowest BCUT2D eigenvalue weighted by atomic mass is 10.0. The minimum Gasteiger partial charge on any atom is -0.464 e. The zero-order chi connectivity index (χ0) is 10.7. The molecule has 0 spiro atoms. The van der Waals surface area contributed by atoms with Crippen molar-refractivity contribution in [2.75, 3.05) is 0 Å². The van der Waals surface area contributed by atoms with Crippen LogP contribution >= 0.6 is 0 Å². The maximum Gasteiger partial charge on any atom is 0.134 e. The molecule has 0 radical (unpaired) electrons. The molecule has 0 amide bonds. The molecule has 2 nitrogen and oxygen atoms in total. The van der Waals surface area contributed by atoms with Gasteiger partial charge in [0.05, 0.1) is 6.26 Å². The third kappa shape index (κ3) is 2.05. The fourth-order valence-corrected chi connectivity index (χ4v) is 1.87. The average molecular weight is 203 g/mol. The summed E-state index contributed by atoms with van der Waals surface area (Å²) >= 11 is 0. The highest BCUT2D eigenvalue weighted by atomic mass is 16.3. The summed E-state index contributed by atoms with van der Waals surface area (Å²) in [4.78, 5) is 0. The molecular weight excluding hydrogens is 186 g/mol. The van der Waals surface area contributed by atoms with Gasteiger partial charge in [0.2, 0.25) is 0 Å². The second-order valence-corrected chi connectivity index (χ2v) is 3.94. The first-order valence-corrected chi connectivity index (χ1v) is 5.54. The Morgan fingerprint density at radius 3 is 2.93 bits per heavy atom. The average Bonchev–Trinajstić information content (AvgIpc) is 2.69. The van der Waals surface area contributed by atoms with Crippen LogP contribution in [0.5, 0.6) is 0 Å². The Hall–Kier alpha value is -1.28. The highest BCUT2D eigenvalue weighted by Gasteiger charge is 2.11. The number of nitrogens with two attached hydrogens (primary N) is 1. The van der Waals surface area contributed by atoms with Crippen LogP contribution in [0.25, 0.3) is 11.0 Å². The molecule has 2 rings (SSSR count). The van der Waals surface area contributed by atoms with Crippen LogP contribution in [0.1, 0.15) is 37.8 Å². The van der Waals surface area contributed by atoms with Gasteiger partial charge in [-0.1, -0.05) is 38.0 Å². The van der Waals surface area contributed by atoms with E-state index in [-0.39, 0.29) is 6.04 Å². The van der Waals surface area contributed by atoms with E-state index >= 15 is 0 Å². The third-order valence-corrected chi connectivity index (χ3v) is 2.78. The van der Waals surface area contributed by atoms with Gasteiger partial charge in [-0.15, -0.1) is 0 Å². The van der Waals surface area contributed by atoms with E-state index < -0.39 is 0 Å². The van der Waals surface area contributed by atoms with Crippen molar-refractivity contribution in [1.82, 2.24) is 0 Å². The van der Waals surface area contributed by atoms with Gasteiger partial charge in [0.1, 0.15) is 5.58 Å². The first-order chi connectivity index (χ1) is 7.33. The smallest absolute Gasteiger partial charge is 0.134 e. The van der Waals surface area contributed by atoms with Gasteiger partial charge in [0, 0.05) is 17.0 Å². The molecule has 2 aromatic rings. The van der Waals surface area contributed by atoms with Crippen molar-refractivity contribution < 1.29 is 4.42 Å². The van der Waals surface area contributed by atoms with Crippen molar-refractivity contribution in [3.8, 4) is 0 Å². The van der Waals surface area contributed by atoms with Crippen LogP contribution in [0.3, 0.4) is 0 Å². The number of fused-ring (bicyclic) bond motifs is 1. The number of unbranched alkanes of at least 4 members (excludes halogenated alkanes) is 1. The van der Waals surface area contributed by atoms with Crippen LogP contribution in [0.2, 0.25) is 0 Å². The maximum absolute atomic E-state index is 6.13. The van der Waals surface area contributed by atoms with Crippen molar-refractivity contribution in [1.29, 1.82) is 0 Å². The summed E-state index contributed by atoms with van der Waals surface area (Å²) < 4.78 is 5.47. The molecule has 0 saturated carbocycles. The molecule has 0 fully saturated rings. The molecule has 0 bridgehead atoms. The lowest BCUT2D eigenvalue weighted by Crippen LogP contribution is -2.09. The van der Waals surface area contributed by atoms with Gasteiger partial charge < -0.3 is 10.2 Å². The lowest BCUT2D eigenvalue weighted by molar-refractivity contribution is 0.574. The van der Waals surface area contributed by atoms with E-state index in [1.54, 1.807) is 6.26 Å². The van der Waals surface area contributed by atoms with Gasteiger partial charge in [0.25, 0.3) is 0 Å². The van der Waals surface area contributed by atoms with Crippen molar-refractivity contribution >= 4 is 11.0 Å². The highest BCUT2D eigenvalue weighted by molar-refractivity contribution is 5.81. The second kappa shape index (κ2) is 4.49. The maximum atomic E-state index is 6.13. The molecule has 1 heterocycles. The van der Waals surface area contributed by atoms with Crippen LogP contribution in [0.4, 0.5) is 0 Å². The van der Waals surface area contributed by atoms with E-state index in [1.807, 2.05) is 18.2 Å². The lowest BCUT2D eigenvalue weighted by Gasteiger charge is -2.08. The Morgan fingerprint density at radius 1 is 1.33 bits per heavy atom. The van der Waals surface area contributed by atoms with Crippen molar-refractivity contribution in [2.24, 2.45) is 5.73 Å². The zero-order valence-electron chi connectivity index (χ0n) is 9.07. The van der Waals surface area contributed by atoms with Crippen molar-refractivity contribution in [3.63, 3.8) is 0 Å². The van der Waals surface area contributed by atoms with Gasteiger partial charge in [-0.25, -0.2) is 0 Å². The molecule has 1 aromatic heterocycles. The molecular formula is C13H17NO. The standard InChI is InChI=1S/C13H17NO/c1-2-3-7-12(14)11-9-15-13-8-5-4-6-10(11)13/h4-6,8-9,12H,2-3,7,14H2,1H3. The minimum atomic E-state index is 0.105.